The third kappa shape index (κ3) is 12.0. The Labute approximate surface area is 279 Å². The first kappa shape index (κ1) is 39.2. The zero-order chi connectivity index (χ0) is 35.1. The number of aromatic hydroxyl groups is 2. The summed E-state index contributed by atoms with van der Waals surface area (Å²) < 4.78 is 11.0. The first-order valence-electron chi connectivity index (χ1n) is 17.1. The molecule has 0 aliphatic carbocycles. The smallest absolute Gasteiger partial charge is 0.306 e. The number of phenols is 2. The van der Waals surface area contributed by atoms with Crippen LogP contribution in [0.1, 0.15) is 155 Å². The minimum atomic E-state index is -0.213. The van der Waals surface area contributed by atoms with Gasteiger partial charge in [0.2, 0.25) is 0 Å². The van der Waals surface area contributed by atoms with Crippen molar-refractivity contribution in [3.8, 4) is 11.5 Å². The van der Waals surface area contributed by atoms with E-state index in [0.29, 0.717) is 50.4 Å². The molecule has 0 amide bonds. The maximum absolute atomic E-state index is 12.4. The van der Waals surface area contributed by atoms with Crippen molar-refractivity contribution in [3.63, 3.8) is 0 Å². The van der Waals surface area contributed by atoms with Gasteiger partial charge in [0.15, 0.2) is 0 Å². The number of carbonyl (C=O) groups excluding carboxylic acids is 2. The topological polar surface area (TPSA) is 93.1 Å². The van der Waals surface area contributed by atoms with E-state index in [4.69, 9.17) is 9.47 Å². The summed E-state index contributed by atoms with van der Waals surface area (Å²) >= 11 is 0. The molecule has 2 aromatic carbocycles. The van der Waals surface area contributed by atoms with Crippen molar-refractivity contribution < 1.29 is 29.3 Å². The molecule has 0 bridgehead atoms. The first-order chi connectivity index (χ1) is 21.0. The second kappa shape index (κ2) is 15.7. The van der Waals surface area contributed by atoms with Crippen LogP contribution in [-0.2, 0) is 53.6 Å². The molecule has 0 unspecified atom stereocenters. The van der Waals surface area contributed by atoms with Crippen molar-refractivity contribution in [2.75, 3.05) is 13.2 Å². The summed E-state index contributed by atoms with van der Waals surface area (Å²) in [6.45, 7) is 25.8. The van der Waals surface area contributed by atoms with Gasteiger partial charge in [-0.15, -0.1) is 0 Å². The van der Waals surface area contributed by atoms with Crippen LogP contribution < -0.4 is 0 Å². The number of hydrogen-bond donors (Lipinski definition) is 2. The van der Waals surface area contributed by atoms with Crippen LogP contribution in [0.2, 0.25) is 0 Å². The number of phenolic OH excluding ortho intramolecular Hbond substituents is 2. The van der Waals surface area contributed by atoms with Crippen LogP contribution in [0.3, 0.4) is 0 Å². The Morgan fingerprint density at radius 2 is 0.761 bits per heavy atom. The van der Waals surface area contributed by atoms with Gasteiger partial charge in [0.1, 0.15) is 11.5 Å². The predicted octanol–water partition coefficient (Wildman–Crippen LogP) is 9.50. The highest BCUT2D eigenvalue weighted by atomic mass is 16.5. The number of esters is 2. The van der Waals surface area contributed by atoms with E-state index in [0.717, 1.165) is 59.1 Å². The third-order valence-corrected chi connectivity index (χ3v) is 8.37. The molecule has 0 aliphatic heterocycles. The zero-order valence-electron chi connectivity index (χ0n) is 30.9. The fourth-order valence-corrected chi connectivity index (χ4v) is 5.53. The molecule has 0 radical (unpaired) electrons. The SMILES string of the molecule is CC(C)(C)c1cc(CCC(=O)OCCCCCCOC(=O)CCc2cc(C(C)(C)C)c(O)c(C(C)(C)C)c2)cc(C(C)(C)C)c1O. The second-order valence-corrected chi connectivity index (χ2v) is 16.9. The molecule has 0 fully saturated rings. The molecular weight excluding hydrogens is 576 g/mol. The minimum Gasteiger partial charge on any atom is -0.507 e. The van der Waals surface area contributed by atoms with E-state index in [1.807, 2.05) is 24.3 Å². The summed E-state index contributed by atoms with van der Waals surface area (Å²) in [5.74, 6) is 0.267. The van der Waals surface area contributed by atoms with Crippen molar-refractivity contribution in [2.24, 2.45) is 0 Å². The highest BCUT2D eigenvalue weighted by Gasteiger charge is 2.28. The van der Waals surface area contributed by atoms with E-state index in [2.05, 4.69) is 83.1 Å². The normalized spacial score (nSPS) is 12.7. The number of aryl methyl sites for hydroxylation is 2. The van der Waals surface area contributed by atoms with Gasteiger partial charge < -0.3 is 19.7 Å². The second-order valence-electron chi connectivity index (χ2n) is 16.9. The maximum atomic E-state index is 12.4. The maximum Gasteiger partial charge on any atom is 0.306 e. The largest absolute Gasteiger partial charge is 0.507 e. The molecule has 2 N–H and O–H groups in total. The van der Waals surface area contributed by atoms with Gasteiger partial charge in [-0.2, -0.15) is 0 Å². The Morgan fingerprint density at radius 3 is 1.00 bits per heavy atom. The Hall–Kier alpha value is -3.02. The summed E-state index contributed by atoms with van der Waals surface area (Å²) in [7, 11) is 0. The van der Waals surface area contributed by atoms with E-state index in [1.54, 1.807) is 0 Å². The molecule has 46 heavy (non-hydrogen) atoms. The number of hydrogen-bond acceptors (Lipinski definition) is 6. The predicted molar refractivity (Wildman–Crippen MR) is 188 cm³/mol. The molecule has 0 atom stereocenters. The molecule has 0 aliphatic rings. The lowest BCUT2D eigenvalue weighted by molar-refractivity contribution is -0.145. The molecule has 0 saturated heterocycles. The molecule has 0 spiro atoms. The number of benzene rings is 2. The highest BCUT2D eigenvalue weighted by Crippen LogP contribution is 2.41. The molecule has 6 heteroatoms. The molecule has 258 valence electrons. The van der Waals surface area contributed by atoms with E-state index in [1.165, 1.54) is 0 Å². The summed E-state index contributed by atoms with van der Waals surface area (Å²) in [5.41, 5.74) is 4.83. The fourth-order valence-electron chi connectivity index (χ4n) is 5.53. The Bertz CT molecular complexity index is 1150. The van der Waals surface area contributed by atoms with Gasteiger partial charge in [0, 0.05) is 12.8 Å². The highest BCUT2D eigenvalue weighted by molar-refractivity contribution is 5.70. The van der Waals surface area contributed by atoms with Gasteiger partial charge in [0.05, 0.1) is 13.2 Å². The summed E-state index contributed by atoms with van der Waals surface area (Å²) in [6.07, 6.45) is 5.07. The number of rotatable bonds is 13. The van der Waals surface area contributed by atoms with E-state index in [9.17, 15) is 19.8 Å². The van der Waals surface area contributed by atoms with Crippen molar-refractivity contribution >= 4 is 11.9 Å². The van der Waals surface area contributed by atoms with Gasteiger partial charge in [-0.05, 0) is 93.6 Å². The van der Waals surface area contributed by atoms with Crippen molar-refractivity contribution in [1.82, 2.24) is 0 Å². The average molecular weight is 639 g/mol. The summed E-state index contributed by atoms with van der Waals surface area (Å²) in [5, 5.41) is 21.8. The Balaban J connectivity index is 1.71. The molecule has 0 saturated carbocycles. The van der Waals surface area contributed by atoms with Crippen LogP contribution in [0.15, 0.2) is 24.3 Å². The number of carbonyl (C=O) groups is 2. The van der Waals surface area contributed by atoms with Crippen LogP contribution in [0, 0.1) is 0 Å². The average Bonchev–Trinajstić information content (AvgIpc) is 2.90. The van der Waals surface area contributed by atoms with Crippen molar-refractivity contribution in [1.29, 1.82) is 0 Å². The van der Waals surface area contributed by atoms with Crippen LogP contribution in [0.25, 0.3) is 0 Å². The number of ether oxygens (including phenoxy) is 2. The number of unbranched alkanes of at least 4 members (excludes halogenated alkanes) is 3. The quantitative estimate of drug-likeness (QED) is 0.168. The van der Waals surface area contributed by atoms with Gasteiger partial charge >= 0.3 is 11.9 Å². The van der Waals surface area contributed by atoms with Crippen LogP contribution in [-0.4, -0.2) is 35.4 Å². The van der Waals surface area contributed by atoms with Gasteiger partial charge in [0.25, 0.3) is 0 Å². The molecule has 2 aromatic rings. The first-order valence-corrected chi connectivity index (χ1v) is 17.1. The van der Waals surface area contributed by atoms with E-state index >= 15 is 0 Å². The lowest BCUT2D eigenvalue weighted by Crippen LogP contribution is -2.18. The van der Waals surface area contributed by atoms with Gasteiger partial charge in [-0.25, -0.2) is 0 Å². The van der Waals surface area contributed by atoms with Crippen LogP contribution in [0.4, 0.5) is 0 Å². The summed E-state index contributed by atoms with van der Waals surface area (Å²) in [6, 6.07) is 8.07. The van der Waals surface area contributed by atoms with E-state index in [-0.39, 0.29) is 33.6 Å². The van der Waals surface area contributed by atoms with Gasteiger partial charge in [-0.1, -0.05) is 107 Å². The van der Waals surface area contributed by atoms with E-state index < -0.39 is 0 Å². The lowest BCUT2D eigenvalue weighted by Gasteiger charge is -2.28. The van der Waals surface area contributed by atoms with Crippen molar-refractivity contribution in [2.45, 2.75) is 156 Å². The standard InChI is InChI=1S/C40H62O6/c1-37(2,3)29-23-27(24-30(35(29)43)38(4,5)6)17-19-33(41)45-21-15-13-14-16-22-46-34(42)20-18-28-25-31(39(7,8)9)36(44)32(26-28)40(10,11)12/h23-26,43-44H,13-22H2,1-12H3. The zero-order valence-corrected chi connectivity index (χ0v) is 30.9. The molecular formula is C40H62O6. The molecule has 2 rings (SSSR count). The van der Waals surface area contributed by atoms with Crippen LogP contribution in [0.5, 0.6) is 11.5 Å². The van der Waals surface area contributed by atoms with Gasteiger partial charge in [-0.3, -0.25) is 9.59 Å². The molecule has 6 nitrogen and oxygen atoms in total. The fraction of sp³-hybridized carbons (Fsp3) is 0.650. The lowest BCUT2D eigenvalue weighted by atomic mass is 9.78. The van der Waals surface area contributed by atoms with Crippen molar-refractivity contribution in [3.05, 3.63) is 57.6 Å². The Morgan fingerprint density at radius 1 is 0.500 bits per heavy atom. The monoisotopic (exact) mass is 638 g/mol. The molecule has 0 aromatic heterocycles. The molecule has 0 heterocycles. The minimum absolute atomic E-state index is 0.209. The van der Waals surface area contributed by atoms with Crippen LogP contribution >= 0.6 is 0 Å². The Kier molecular flexibility index (Phi) is 13.4. The third-order valence-electron chi connectivity index (χ3n) is 8.37. The summed E-state index contributed by atoms with van der Waals surface area (Å²) in [4.78, 5) is 24.9.